The van der Waals surface area contributed by atoms with E-state index in [2.05, 4.69) is 27.7 Å². The van der Waals surface area contributed by atoms with Gasteiger partial charge in [-0.3, -0.25) is 14.5 Å². The van der Waals surface area contributed by atoms with Gasteiger partial charge in [0.15, 0.2) is 0 Å². The van der Waals surface area contributed by atoms with Crippen molar-refractivity contribution in [2.75, 3.05) is 5.32 Å². The third-order valence-corrected chi connectivity index (χ3v) is 5.44. The lowest BCUT2D eigenvalue weighted by atomic mass is 9.94. The Balaban J connectivity index is 1.57. The highest BCUT2D eigenvalue weighted by atomic mass is 16.2. The van der Waals surface area contributed by atoms with Gasteiger partial charge in [0.25, 0.3) is 0 Å². The minimum Gasteiger partial charge on any atom is -0.351 e. The molecule has 1 unspecified atom stereocenters. The fourth-order valence-electron chi connectivity index (χ4n) is 4.28. The van der Waals surface area contributed by atoms with Crippen LogP contribution in [0, 0.1) is 5.92 Å². The van der Waals surface area contributed by atoms with Gasteiger partial charge in [-0.1, -0.05) is 48.5 Å². The number of para-hydroxylation sites is 1. The van der Waals surface area contributed by atoms with E-state index in [-0.39, 0.29) is 35.9 Å². The van der Waals surface area contributed by atoms with E-state index in [0.29, 0.717) is 13.0 Å². The first-order chi connectivity index (χ1) is 12.6. The summed E-state index contributed by atoms with van der Waals surface area (Å²) in [6.07, 6.45) is 0.562. The summed E-state index contributed by atoms with van der Waals surface area (Å²) in [5.41, 5.74) is 1.95. The third-order valence-electron chi connectivity index (χ3n) is 5.44. The molecule has 2 amide bonds. The topological polar surface area (TPSA) is 61.4 Å². The van der Waals surface area contributed by atoms with Gasteiger partial charge in [0.1, 0.15) is 0 Å². The minimum absolute atomic E-state index is 0.00150. The van der Waals surface area contributed by atoms with Crippen LogP contribution >= 0.6 is 0 Å². The molecule has 2 N–H and O–H groups in total. The fraction of sp³-hybridized carbons (Fsp3) is 0.333. The van der Waals surface area contributed by atoms with E-state index in [4.69, 9.17) is 0 Å². The molecule has 2 aliphatic heterocycles. The molecule has 0 spiro atoms. The van der Waals surface area contributed by atoms with Crippen molar-refractivity contribution in [2.24, 2.45) is 5.92 Å². The summed E-state index contributed by atoms with van der Waals surface area (Å²) >= 11 is 0. The Morgan fingerprint density at radius 1 is 1.12 bits per heavy atom. The highest BCUT2D eigenvalue weighted by Crippen LogP contribution is 2.37. The summed E-state index contributed by atoms with van der Waals surface area (Å²) < 4.78 is 0. The maximum atomic E-state index is 12.9. The molecule has 0 aromatic heterocycles. The number of carbonyl (C=O) groups is 2. The summed E-state index contributed by atoms with van der Waals surface area (Å²) in [5, 5.41) is 6.06. The average molecular weight is 349 g/mol. The Bertz CT molecular complexity index is 793. The van der Waals surface area contributed by atoms with Gasteiger partial charge in [-0.05, 0) is 31.0 Å². The van der Waals surface area contributed by atoms with E-state index in [1.807, 2.05) is 55.5 Å². The quantitative estimate of drug-likeness (QED) is 0.891. The number of amides is 2. The Kier molecular flexibility index (Phi) is 4.47. The zero-order valence-electron chi connectivity index (χ0n) is 14.8. The molecule has 2 aromatic rings. The summed E-state index contributed by atoms with van der Waals surface area (Å²) in [7, 11) is 0. The van der Waals surface area contributed by atoms with Crippen molar-refractivity contribution in [3.63, 3.8) is 0 Å². The van der Waals surface area contributed by atoms with Crippen LogP contribution in [0.3, 0.4) is 0 Å². The third kappa shape index (κ3) is 3.10. The molecule has 2 bridgehead atoms. The molecule has 4 atom stereocenters. The lowest BCUT2D eigenvalue weighted by molar-refractivity contribution is -0.131. The average Bonchev–Trinajstić information content (AvgIpc) is 2.96. The molecule has 5 nitrogen and oxygen atoms in total. The fourth-order valence-corrected chi connectivity index (χ4v) is 4.28. The van der Waals surface area contributed by atoms with Crippen LogP contribution in [0.15, 0.2) is 60.7 Å². The van der Waals surface area contributed by atoms with Crippen LogP contribution in [0.25, 0.3) is 0 Å². The molecule has 0 radical (unpaired) electrons. The van der Waals surface area contributed by atoms with Crippen molar-refractivity contribution in [2.45, 2.75) is 38.0 Å². The smallest absolute Gasteiger partial charge is 0.237 e. The second-order valence-electron chi connectivity index (χ2n) is 7.16. The van der Waals surface area contributed by atoms with Crippen LogP contribution < -0.4 is 10.6 Å². The van der Waals surface area contributed by atoms with Gasteiger partial charge in [-0.15, -0.1) is 0 Å². The number of anilines is 1. The van der Waals surface area contributed by atoms with Gasteiger partial charge >= 0.3 is 0 Å². The second-order valence-corrected chi connectivity index (χ2v) is 7.16. The normalized spacial score (nSPS) is 27.8. The molecule has 2 fully saturated rings. The van der Waals surface area contributed by atoms with E-state index >= 15 is 0 Å². The molecule has 134 valence electrons. The number of hydrogen-bond donors (Lipinski definition) is 2. The van der Waals surface area contributed by atoms with Crippen molar-refractivity contribution in [1.29, 1.82) is 0 Å². The largest absolute Gasteiger partial charge is 0.351 e. The lowest BCUT2D eigenvalue weighted by Gasteiger charge is -2.39. The van der Waals surface area contributed by atoms with Gasteiger partial charge in [0, 0.05) is 24.3 Å². The molecule has 26 heavy (non-hydrogen) atoms. The Morgan fingerprint density at radius 2 is 1.77 bits per heavy atom. The first-order valence-electron chi connectivity index (χ1n) is 9.09. The molecule has 2 heterocycles. The van der Waals surface area contributed by atoms with Crippen molar-refractivity contribution in [1.82, 2.24) is 10.2 Å². The zero-order valence-corrected chi connectivity index (χ0v) is 14.8. The van der Waals surface area contributed by atoms with Gasteiger partial charge in [0.05, 0.1) is 12.0 Å². The Labute approximate surface area is 153 Å². The van der Waals surface area contributed by atoms with Crippen molar-refractivity contribution in [3.05, 3.63) is 66.2 Å². The minimum atomic E-state index is -0.247. The van der Waals surface area contributed by atoms with E-state index in [1.165, 1.54) is 0 Å². The van der Waals surface area contributed by atoms with Crippen molar-refractivity contribution >= 4 is 17.5 Å². The predicted molar refractivity (Wildman–Crippen MR) is 100 cm³/mol. The number of benzene rings is 2. The van der Waals surface area contributed by atoms with Crippen LogP contribution in [-0.4, -0.2) is 34.8 Å². The molecule has 0 aliphatic carbocycles. The van der Waals surface area contributed by atoms with Crippen LogP contribution in [0.5, 0.6) is 0 Å². The summed E-state index contributed by atoms with van der Waals surface area (Å²) in [4.78, 5) is 27.6. The summed E-state index contributed by atoms with van der Waals surface area (Å²) in [6.45, 7) is 2.67. The maximum absolute atomic E-state index is 12.9. The molecule has 2 aliphatic rings. The second kappa shape index (κ2) is 6.92. The Morgan fingerprint density at radius 3 is 2.46 bits per heavy atom. The van der Waals surface area contributed by atoms with E-state index in [9.17, 15) is 9.59 Å². The van der Waals surface area contributed by atoms with Gasteiger partial charge in [0.2, 0.25) is 11.8 Å². The highest BCUT2D eigenvalue weighted by Gasteiger charge is 2.53. The number of piperazine rings is 1. The number of hydrogen-bond acceptors (Lipinski definition) is 3. The standard InChI is InChI=1S/C21H23N3O2/c1-14-19-17(20(25)23-16-10-6-3-7-11-16)12-18(21(26)22-14)24(19)13-15-8-4-2-5-9-15/h2-11,14,17-19H,12-13H2,1H3,(H,22,26)(H,23,25)/t14?,17-,18+,19+/m0/s1. The summed E-state index contributed by atoms with van der Waals surface area (Å²) in [5.74, 6) is -0.192. The molecule has 2 aromatic carbocycles. The number of carbonyl (C=O) groups excluding carboxylic acids is 2. The van der Waals surface area contributed by atoms with Gasteiger partial charge < -0.3 is 10.6 Å². The van der Waals surface area contributed by atoms with Gasteiger partial charge in [-0.2, -0.15) is 0 Å². The van der Waals surface area contributed by atoms with Crippen LogP contribution in [0.4, 0.5) is 5.69 Å². The van der Waals surface area contributed by atoms with Gasteiger partial charge in [-0.25, -0.2) is 0 Å². The molecular formula is C21H23N3O2. The number of nitrogens with one attached hydrogen (secondary N) is 2. The number of fused-ring (bicyclic) bond motifs is 2. The first kappa shape index (κ1) is 16.8. The van der Waals surface area contributed by atoms with Crippen LogP contribution in [0.2, 0.25) is 0 Å². The molecule has 0 saturated carbocycles. The lowest BCUT2D eigenvalue weighted by Crippen LogP contribution is -2.60. The van der Waals surface area contributed by atoms with Crippen molar-refractivity contribution < 1.29 is 9.59 Å². The van der Waals surface area contributed by atoms with Crippen molar-refractivity contribution in [3.8, 4) is 0 Å². The molecule has 4 rings (SSSR count). The zero-order chi connectivity index (χ0) is 18.1. The number of rotatable bonds is 4. The Hall–Kier alpha value is -2.66. The molecule has 5 heteroatoms. The highest BCUT2D eigenvalue weighted by molar-refractivity contribution is 5.95. The monoisotopic (exact) mass is 349 g/mol. The number of nitrogens with zero attached hydrogens (tertiary/aromatic N) is 1. The predicted octanol–water partition coefficient (Wildman–Crippen LogP) is 2.40. The van der Waals surface area contributed by atoms with E-state index in [0.717, 1.165) is 11.3 Å². The molecular weight excluding hydrogens is 326 g/mol. The van der Waals surface area contributed by atoms with E-state index < -0.39 is 0 Å². The summed E-state index contributed by atoms with van der Waals surface area (Å²) in [6, 6.07) is 19.3. The van der Waals surface area contributed by atoms with Crippen LogP contribution in [0.1, 0.15) is 18.9 Å². The maximum Gasteiger partial charge on any atom is 0.237 e. The van der Waals surface area contributed by atoms with E-state index in [1.54, 1.807) is 0 Å². The SMILES string of the molecule is CC1NC(=O)[C@H]2C[C@H](C(=O)Nc3ccccc3)[C@@H]1N2Cc1ccccc1. The van der Waals surface area contributed by atoms with Crippen LogP contribution in [-0.2, 0) is 16.1 Å². The first-order valence-corrected chi connectivity index (χ1v) is 9.09. The molecule has 2 saturated heterocycles.